The number of hydrogen-bond donors (Lipinski definition) is 3. The van der Waals surface area contributed by atoms with Gasteiger partial charge >= 0.3 is 6.03 Å². The van der Waals surface area contributed by atoms with Gasteiger partial charge in [-0.15, -0.1) is 5.10 Å². The molecule has 1 saturated heterocycles. The zero-order valence-corrected chi connectivity index (χ0v) is 11.1. The number of anilines is 1. The SMILES string of the molecule is CN(CC1CCCO1)C(=O)NCCc1nc(N)n[nH]1. The van der Waals surface area contributed by atoms with Crippen molar-refractivity contribution < 1.29 is 9.53 Å². The van der Waals surface area contributed by atoms with E-state index in [0.717, 1.165) is 19.4 Å². The Morgan fingerprint density at radius 1 is 1.68 bits per heavy atom. The Bertz CT molecular complexity index is 415. The van der Waals surface area contributed by atoms with Crippen molar-refractivity contribution in [3.8, 4) is 0 Å². The highest BCUT2D eigenvalue weighted by Gasteiger charge is 2.19. The number of H-pyrrole nitrogens is 1. The molecule has 0 aromatic carbocycles. The summed E-state index contributed by atoms with van der Waals surface area (Å²) in [5.74, 6) is 0.886. The highest BCUT2D eigenvalue weighted by Crippen LogP contribution is 2.12. The van der Waals surface area contributed by atoms with Crippen LogP contribution in [0.4, 0.5) is 10.7 Å². The van der Waals surface area contributed by atoms with Gasteiger partial charge in [-0.2, -0.15) is 4.98 Å². The van der Waals surface area contributed by atoms with Crippen LogP contribution in [0.15, 0.2) is 0 Å². The van der Waals surface area contributed by atoms with Crippen molar-refractivity contribution in [2.24, 2.45) is 0 Å². The van der Waals surface area contributed by atoms with E-state index in [0.29, 0.717) is 25.3 Å². The van der Waals surface area contributed by atoms with Crippen LogP contribution in [0, 0.1) is 0 Å². The molecule has 0 saturated carbocycles. The summed E-state index contributed by atoms with van der Waals surface area (Å²) >= 11 is 0. The predicted molar refractivity (Wildman–Crippen MR) is 69.5 cm³/mol. The van der Waals surface area contributed by atoms with Crippen LogP contribution in [-0.2, 0) is 11.2 Å². The number of rotatable bonds is 5. The van der Waals surface area contributed by atoms with Crippen molar-refractivity contribution in [1.82, 2.24) is 25.4 Å². The predicted octanol–water partition coefficient (Wildman–Crippen LogP) is -0.250. The molecule has 8 nitrogen and oxygen atoms in total. The van der Waals surface area contributed by atoms with Crippen molar-refractivity contribution in [1.29, 1.82) is 0 Å². The third-order valence-corrected chi connectivity index (χ3v) is 3.04. The highest BCUT2D eigenvalue weighted by molar-refractivity contribution is 5.73. The summed E-state index contributed by atoms with van der Waals surface area (Å²) in [6.45, 7) is 1.91. The Hall–Kier alpha value is -1.83. The number of carbonyl (C=O) groups excluding carboxylic acids is 1. The minimum Gasteiger partial charge on any atom is -0.376 e. The van der Waals surface area contributed by atoms with Crippen LogP contribution in [0.2, 0.25) is 0 Å². The van der Waals surface area contributed by atoms with E-state index < -0.39 is 0 Å². The van der Waals surface area contributed by atoms with E-state index in [9.17, 15) is 4.79 Å². The van der Waals surface area contributed by atoms with Crippen molar-refractivity contribution in [2.45, 2.75) is 25.4 Å². The summed E-state index contributed by atoms with van der Waals surface area (Å²) in [5.41, 5.74) is 5.39. The molecule has 1 aromatic heterocycles. The standard InChI is InChI=1S/C11H20N6O2/c1-17(7-8-3-2-6-19-8)11(18)13-5-4-9-14-10(12)16-15-9/h8H,2-7H2,1H3,(H,13,18)(H3,12,14,15,16). The van der Waals surface area contributed by atoms with E-state index >= 15 is 0 Å². The number of likely N-dealkylation sites (N-methyl/N-ethyl adjacent to an activating group) is 1. The first kappa shape index (κ1) is 13.6. The number of ether oxygens (including phenoxy) is 1. The van der Waals surface area contributed by atoms with Crippen molar-refractivity contribution in [3.05, 3.63) is 5.82 Å². The summed E-state index contributed by atoms with van der Waals surface area (Å²) in [6, 6.07) is -0.108. The Balaban J connectivity index is 1.65. The van der Waals surface area contributed by atoms with Gasteiger partial charge in [0.25, 0.3) is 0 Å². The molecule has 2 rings (SSSR count). The third-order valence-electron chi connectivity index (χ3n) is 3.04. The number of aromatic amines is 1. The summed E-state index contributed by atoms with van der Waals surface area (Å²) in [4.78, 5) is 17.4. The molecular formula is C11H20N6O2. The van der Waals surface area contributed by atoms with Crippen LogP contribution in [0.25, 0.3) is 0 Å². The summed E-state index contributed by atoms with van der Waals surface area (Å²) in [6.07, 6.45) is 2.84. The van der Waals surface area contributed by atoms with E-state index in [1.807, 2.05) is 0 Å². The number of nitrogens with two attached hydrogens (primary N) is 1. The maximum absolute atomic E-state index is 11.8. The lowest BCUT2D eigenvalue weighted by atomic mass is 10.2. The maximum atomic E-state index is 11.8. The van der Waals surface area contributed by atoms with Crippen LogP contribution >= 0.6 is 0 Å². The third kappa shape index (κ3) is 4.09. The minimum atomic E-state index is -0.108. The number of amides is 2. The molecule has 4 N–H and O–H groups in total. The lowest BCUT2D eigenvalue weighted by molar-refractivity contribution is 0.0875. The molecule has 1 aliphatic rings. The molecule has 0 spiro atoms. The van der Waals surface area contributed by atoms with Crippen LogP contribution in [0.5, 0.6) is 0 Å². The Labute approximate surface area is 111 Å². The maximum Gasteiger partial charge on any atom is 0.317 e. The molecule has 1 aliphatic heterocycles. The van der Waals surface area contributed by atoms with E-state index in [4.69, 9.17) is 10.5 Å². The molecule has 1 unspecified atom stereocenters. The average Bonchev–Trinajstić information content (AvgIpc) is 3.01. The average molecular weight is 268 g/mol. The molecular weight excluding hydrogens is 248 g/mol. The van der Waals surface area contributed by atoms with Crippen LogP contribution in [0.1, 0.15) is 18.7 Å². The second kappa shape index (κ2) is 6.37. The fourth-order valence-corrected chi connectivity index (χ4v) is 2.02. The molecule has 1 aromatic rings. The largest absolute Gasteiger partial charge is 0.376 e. The molecule has 1 fully saturated rings. The van der Waals surface area contributed by atoms with Gasteiger partial charge in [0.05, 0.1) is 6.10 Å². The van der Waals surface area contributed by atoms with Gasteiger partial charge in [-0.1, -0.05) is 0 Å². The Morgan fingerprint density at radius 3 is 3.16 bits per heavy atom. The van der Waals surface area contributed by atoms with Gasteiger partial charge in [0.15, 0.2) is 0 Å². The Kier molecular flexibility index (Phi) is 4.56. The zero-order valence-electron chi connectivity index (χ0n) is 11.1. The first-order valence-corrected chi connectivity index (χ1v) is 6.42. The van der Waals surface area contributed by atoms with E-state index in [2.05, 4.69) is 20.5 Å². The van der Waals surface area contributed by atoms with E-state index in [1.54, 1.807) is 11.9 Å². The number of nitrogens with one attached hydrogen (secondary N) is 2. The number of aromatic nitrogens is 3. The zero-order chi connectivity index (χ0) is 13.7. The summed E-state index contributed by atoms with van der Waals surface area (Å²) < 4.78 is 5.49. The van der Waals surface area contributed by atoms with E-state index in [-0.39, 0.29) is 18.1 Å². The van der Waals surface area contributed by atoms with Gasteiger partial charge < -0.3 is 20.7 Å². The van der Waals surface area contributed by atoms with Gasteiger partial charge in [0.2, 0.25) is 5.95 Å². The lowest BCUT2D eigenvalue weighted by Crippen LogP contribution is -2.41. The van der Waals surface area contributed by atoms with Crippen LogP contribution < -0.4 is 11.1 Å². The first-order chi connectivity index (χ1) is 9.15. The summed E-state index contributed by atoms with van der Waals surface area (Å²) in [5, 5.41) is 9.23. The monoisotopic (exact) mass is 268 g/mol. The normalized spacial score (nSPS) is 18.5. The molecule has 0 bridgehead atoms. The van der Waals surface area contributed by atoms with E-state index in [1.165, 1.54) is 0 Å². The van der Waals surface area contributed by atoms with Gasteiger partial charge in [-0.3, -0.25) is 5.10 Å². The fourth-order valence-electron chi connectivity index (χ4n) is 2.02. The van der Waals surface area contributed by atoms with Crippen molar-refractivity contribution >= 4 is 12.0 Å². The molecule has 8 heteroatoms. The lowest BCUT2D eigenvalue weighted by Gasteiger charge is -2.21. The number of urea groups is 1. The number of nitrogen functional groups attached to an aromatic ring is 1. The van der Waals surface area contributed by atoms with Gasteiger partial charge in [-0.25, -0.2) is 4.79 Å². The van der Waals surface area contributed by atoms with Gasteiger partial charge in [0, 0.05) is 33.2 Å². The molecule has 106 valence electrons. The van der Waals surface area contributed by atoms with Crippen LogP contribution in [0.3, 0.4) is 0 Å². The fraction of sp³-hybridized carbons (Fsp3) is 0.727. The topological polar surface area (TPSA) is 109 Å². The second-order valence-electron chi connectivity index (χ2n) is 4.64. The molecule has 0 aliphatic carbocycles. The molecule has 2 amide bonds. The number of nitrogens with zero attached hydrogens (tertiary/aromatic N) is 3. The highest BCUT2D eigenvalue weighted by atomic mass is 16.5. The van der Waals surface area contributed by atoms with Gasteiger partial charge in [0.1, 0.15) is 5.82 Å². The quantitative estimate of drug-likeness (QED) is 0.682. The molecule has 19 heavy (non-hydrogen) atoms. The van der Waals surface area contributed by atoms with Gasteiger partial charge in [-0.05, 0) is 12.8 Å². The Morgan fingerprint density at radius 2 is 2.53 bits per heavy atom. The molecule has 0 radical (unpaired) electrons. The number of hydrogen-bond acceptors (Lipinski definition) is 5. The first-order valence-electron chi connectivity index (χ1n) is 6.42. The van der Waals surface area contributed by atoms with Crippen molar-refractivity contribution in [3.63, 3.8) is 0 Å². The number of carbonyl (C=O) groups is 1. The smallest absolute Gasteiger partial charge is 0.317 e. The summed E-state index contributed by atoms with van der Waals surface area (Å²) in [7, 11) is 1.77. The van der Waals surface area contributed by atoms with Crippen molar-refractivity contribution in [2.75, 3.05) is 32.5 Å². The molecule has 1 atom stereocenters. The van der Waals surface area contributed by atoms with Crippen LogP contribution in [-0.4, -0.2) is 59.0 Å². The second-order valence-corrected chi connectivity index (χ2v) is 4.64. The molecule has 2 heterocycles. The minimum absolute atomic E-state index is 0.108.